The van der Waals surface area contributed by atoms with Crippen LogP contribution in [0.1, 0.15) is 28.4 Å². The van der Waals surface area contributed by atoms with Gasteiger partial charge in [-0.05, 0) is 37.2 Å². The molecule has 3 aliphatic rings. The minimum Gasteiger partial charge on any atom is -0.496 e. The zero-order chi connectivity index (χ0) is 24.9. The first-order valence-electron chi connectivity index (χ1n) is 12.4. The standard InChI is InChI=1S/C26H33N7O3/c1-35-22-8-3-2-7-19(22)21(14-27)30-26(34)17-5-4-6-18(13-17)29-16-24-31-32-25-20-9-10-28-15-23(20)36-12-11-33(24)25/h2-8,13,20-21,23-25,28-29,31-32H,9-12,15-16H2,1H3,(H,30,34)/t20?,21-,23?,24?,25?/m1/s1. The third-order valence-electron chi connectivity index (χ3n) is 7.20. The van der Waals surface area contributed by atoms with Crippen molar-refractivity contribution in [3.63, 3.8) is 0 Å². The summed E-state index contributed by atoms with van der Waals surface area (Å²) in [6.07, 6.45) is 1.65. The summed E-state index contributed by atoms with van der Waals surface area (Å²) in [7, 11) is 1.55. The minimum atomic E-state index is -0.819. The Labute approximate surface area is 211 Å². The summed E-state index contributed by atoms with van der Waals surface area (Å²) in [5.41, 5.74) is 8.87. The second-order valence-corrected chi connectivity index (χ2v) is 9.29. The van der Waals surface area contributed by atoms with Gasteiger partial charge in [0.05, 0.1) is 38.2 Å². The number of nitrogens with zero attached hydrogens (tertiary/aromatic N) is 2. The van der Waals surface area contributed by atoms with Crippen molar-refractivity contribution in [3.05, 3.63) is 59.7 Å². The van der Waals surface area contributed by atoms with Crippen molar-refractivity contribution in [1.82, 2.24) is 26.4 Å². The summed E-state index contributed by atoms with van der Waals surface area (Å²) in [5.74, 6) is 0.679. The average Bonchev–Trinajstić information content (AvgIpc) is 3.23. The number of methoxy groups -OCH3 is 1. The molecule has 5 rings (SSSR count). The largest absolute Gasteiger partial charge is 0.496 e. The maximum absolute atomic E-state index is 13.0. The van der Waals surface area contributed by atoms with Gasteiger partial charge < -0.3 is 25.4 Å². The molecule has 0 bridgehead atoms. The van der Waals surface area contributed by atoms with E-state index in [1.165, 1.54) is 0 Å². The second kappa shape index (κ2) is 11.2. The molecule has 0 aromatic heterocycles. The molecule has 0 saturated carbocycles. The molecule has 5 N–H and O–H groups in total. The second-order valence-electron chi connectivity index (χ2n) is 9.29. The van der Waals surface area contributed by atoms with Crippen molar-refractivity contribution in [2.45, 2.75) is 30.9 Å². The van der Waals surface area contributed by atoms with Crippen LogP contribution in [-0.4, -0.2) is 69.1 Å². The third-order valence-corrected chi connectivity index (χ3v) is 7.20. The first-order chi connectivity index (χ1) is 17.7. The molecule has 190 valence electrons. The van der Waals surface area contributed by atoms with E-state index in [2.05, 4.69) is 37.8 Å². The Balaban J connectivity index is 1.21. The average molecular weight is 492 g/mol. The van der Waals surface area contributed by atoms with Crippen molar-refractivity contribution in [2.75, 3.05) is 45.2 Å². The number of fused-ring (bicyclic) bond motifs is 3. The van der Waals surface area contributed by atoms with Gasteiger partial charge in [0.25, 0.3) is 5.91 Å². The predicted octanol–water partition coefficient (Wildman–Crippen LogP) is 1.17. The number of nitriles is 1. The van der Waals surface area contributed by atoms with E-state index in [1.807, 2.05) is 24.3 Å². The van der Waals surface area contributed by atoms with E-state index in [0.29, 0.717) is 35.9 Å². The number of carbonyl (C=O) groups excluding carboxylic acids is 1. The van der Waals surface area contributed by atoms with Crippen molar-refractivity contribution in [1.29, 1.82) is 5.26 Å². The van der Waals surface area contributed by atoms with Gasteiger partial charge >= 0.3 is 0 Å². The summed E-state index contributed by atoms with van der Waals surface area (Å²) in [4.78, 5) is 15.4. The molecule has 0 spiro atoms. The van der Waals surface area contributed by atoms with Crippen LogP contribution in [0, 0.1) is 17.2 Å². The molecule has 10 nitrogen and oxygen atoms in total. The van der Waals surface area contributed by atoms with E-state index in [-0.39, 0.29) is 24.3 Å². The quantitative estimate of drug-likeness (QED) is 0.388. The highest BCUT2D eigenvalue weighted by atomic mass is 16.5. The van der Waals surface area contributed by atoms with Crippen LogP contribution in [0.5, 0.6) is 5.75 Å². The van der Waals surface area contributed by atoms with Crippen molar-refractivity contribution < 1.29 is 14.3 Å². The van der Waals surface area contributed by atoms with E-state index >= 15 is 0 Å². The Morgan fingerprint density at radius 1 is 1.28 bits per heavy atom. The van der Waals surface area contributed by atoms with Crippen molar-refractivity contribution in [3.8, 4) is 11.8 Å². The minimum absolute atomic E-state index is 0.0956. The van der Waals surface area contributed by atoms with Gasteiger partial charge in [0.2, 0.25) is 0 Å². The number of nitrogens with one attached hydrogen (secondary N) is 5. The summed E-state index contributed by atoms with van der Waals surface area (Å²) in [5, 5.41) is 19.4. The topological polar surface area (TPSA) is 123 Å². The fourth-order valence-corrected chi connectivity index (χ4v) is 5.34. The third kappa shape index (κ3) is 5.16. The lowest BCUT2D eigenvalue weighted by Crippen LogP contribution is -2.52. The molecule has 0 aliphatic carbocycles. The maximum Gasteiger partial charge on any atom is 0.252 e. The molecule has 36 heavy (non-hydrogen) atoms. The van der Waals surface area contributed by atoms with Gasteiger partial charge in [0, 0.05) is 42.4 Å². The molecule has 3 heterocycles. The van der Waals surface area contributed by atoms with Crippen LogP contribution in [0.25, 0.3) is 0 Å². The number of rotatable bonds is 7. The highest BCUT2D eigenvalue weighted by Gasteiger charge is 2.43. The number of piperidine rings is 1. The van der Waals surface area contributed by atoms with E-state index in [0.717, 1.165) is 31.7 Å². The molecule has 0 radical (unpaired) electrons. The lowest BCUT2D eigenvalue weighted by Gasteiger charge is -2.36. The fourth-order valence-electron chi connectivity index (χ4n) is 5.34. The van der Waals surface area contributed by atoms with Crippen molar-refractivity contribution in [2.24, 2.45) is 5.92 Å². The molecule has 5 atom stereocenters. The number of hydrogen-bond donors (Lipinski definition) is 5. The lowest BCUT2D eigenvalue weighted by molar-refractivity contribution is 0.00522. The van der Waals surface area contributed by atoms with Gasteiger partial charge in [-0.25, -0.2) is 10.9 Å². The van der Waals surface area contributed by atoms with Crippen LogP contribution in [-0.2, 0) is 4.74 Å². The molecule has 4 unspecified atom stereocenters. The van der Waals surface area contributed by atoms with Gasteiger partial charge in [-0.2, -0.15) is 5.26 Å². The normalized spacial score (nSPS) is 26.6. The molecule has 10 heteroatoms. The molecule has 2 aromatic rings. The smallest absolute Gasteiger partial charge is 0.252 e. The SMILES string of the molecule is COc1ccccc1[C@@H](C#N)NC(=O)c1cccc(NCC2NNC3C4CCNCC4OCCN23)c1. The van der Waals surface area contributed by atoms with Crippen LogP contribution >= 0.6 is 0 Å². The summed E-state index contributed by atoms with van der Waals surface area (Å²) in [6.45, 7) is 4.13. The molecular weight excluding hydrogens is 458 g/mol. The van der Waals surface area contributed by atoms with Gasteiger partial charge in [0.1, 0.15) is 11.8 Å². The van der Waals surface area contributed by atoms with Crippen LogP contribution < -0.4 is 31.5 Å². The fraction of sp³-hybridized carbons (Fsp3) is 0.462. The van der Waals surface area contributed by atoms with Crippen LogP contribution in [0.4, 0.5) is 5.69 Å². The summed E-state index contributed by atoms with van der Waals surface area (Å²) >= 11 is 0. The monoisotopic (exact) mass is 491 g/mol. The number of benzene rings is 2. The number of hydrogen-bond acceptors (Lipinski definition) is 9. The first kappa shape index (κ1) is 24.5. The Bertz CT molecular complexity index is 1110. The zero-order valence-corrected chi connectivity index (χ0v) is 20.4. The van der Waals surface area contributed by atoms with Crippen LogP contribution in [0.2, 0.25) is 0 Å². The van der Waals surface area contributed by atoms with Gasteiger partial charge in [-0.1, -0.05) is 24.3 Å². The first-order valence-corrected chi connectivity index (χ1v) is 12.4. The highest BCUT2D eigenvalue weighted by molar-refractivity contribution is 5.95. The Morgan fingerprint density at radius 3 is 3.03 bits per heavy atom. The van der Waals surface area contributed by atoms with E-state index in [4.69, 9.17) is 9.47 Å². The lowest BCUT2D eigenvalue weighted by atomic mass is 9.91. The molecule has 2 aromatic carbocycles. The summed E-state index contributed by atoms with van der Waals surface area (Å²) in [6, 6.07) is 15.9. The Morgan fingerprint density at radius 2 is 2.17 bits per heavy atom. The molecule has 1 amide bonds. The van der Waals surface area contributed by atoms with Gasteiger partial charge in [-0.15, -0.1) is 0 Å². The number of anilines is 1. The Kier molecular flexibility index (Phi) is 7.65. The zero-order valence-electron chi connectivity index (χ0n) is 20.4. The number of para-hydroxylation sites is 1. The van der Waals surface area contributed by atoms with Crippen LogP contribution in [0.3, 0.4) is 0 Å². The maximum atomic E-state index is 13.0. The van der Waals surface area contributed by atoms with Crippen LogP contribution in [0.15, 0.2) is 48.5 Å². The molecule has 3 aliphatic heterocycles. The number of ether oxygens (including phenoxy) is 2. The van der Waals surface area contributed by atoms with E-state index in [9.17, 15) is 10.1 Å². The number of carbonyl (C=O) groups is 1. The highest BCUT2D eigenvalue weighted by Crippen LogP contribution is 2.28. The van der Waals surface area contributed by atoms with Gasteiger partial charge in [0.15, 0.2) is 0 Å². The number of amides is 1. The summed E-state index contributed by atoms with van der Waals surface area (Å²) < 4.78 is 11.5. The molecule has 3 fully saturated rings. The molecule has 3 saturated heterocycles. The van der Waals surface area contributed by atoms with E-state index < -0.39 is 6.04 Å². The van der Waals surface area contributed by atoms with E-state index in [1.54, 1.807) is 31.4 Å². The predicted molar refractivity (Wildman–Crippen MR) is 135 cm³/mol. The van der Waals surface area contributed by atoms with Gasteiger partial charge in [-0.3, -0.25) is 9.69 Å². The van der Waals surface area contributed by atoms with Crippen molar-refractivity contribution >= 4 is 11.6 Å². The molecular formula is C26H33N7O3. The Hall–Kier alpha value is -3.20. The number of hydrazine groups is 1.